The Morgan fingerprint density at radius 1 is 1.69 bits per heavy atom. The molecule has 4 N–H and O–H groups in total. The van der Waals surface area contributed by atoms with Gasteiger partial charge in [0.05, 0.1) is 6.04 Å². The van der Waals surface area contributed by atoms with Gasteiger partial charge in [0.1, 0.15) is 4.90 Å². The summed E-state index contributed by atoms with van der Waals surface area (Å²) in [6.45, 7) is 1.46. The number of oxime groups is 1. The van der Waals surface area contributed by atoms with Gasteiger partial charge in [-0.2, -0.15) is 0 Å². The number of hydrogen-bond acceptors (Lipinski definition) is 5. The Kier molecular flexibility index (Phi) is 3.80. The van der Waals surface area contributed by atoms with E-state index in [2.05, 4.69) is 14.9 Å². The van der Waals surface area contributed by atoms with E-state index in [1.165, 1.54) is 31.5 Å². The van der Waals surface area contributed by atoms with E-state index in [4.69, 9.17) is 10.9 Å². The van der Waals surface area contributed by atoms with Gasteiger partial charge in [-0.05, 0) is 19.1 Å². The monoisotopic (exact) mass is 244 g/mol. The second kappa shape index (κ2) is 4.90. The van der Waals surface area contributed by atoms with Gasteiger partial charge in [-0.15, -0.1) is 0 Å². The fraction of sp³-hybridized carbons (Fsp3) is 0.250. The number of sulfonamides is 1. The van der Waals surface area contributed by atoms with Crippen molar-refractivity contribution in [3.05, 3.63) is 24.5 Å². The van der Waals surface area contributed by atoms with E-state index >= 15 is 0 Å². The second-order valence-electron chi connectivity index (χ2n) is 3.06. The molecule has 0 aliphatic heterocycles. The summed E-state index contributed by atoms with van der Waals surface area (Å²) in [5.74, 6) is -0.215. The Balaban J connectivity index is 2.90. The van der Waals surface area contributed by atoms with Crippen LogP contribution in [-0.4, -0.2) is 30.5 Å². The Hall–Kier alpha value is -1.67. The maximum atomic E-state index is 11.7. The van der Waals surface area contributed by atoms with Gasteiger partial charge in [0.15, 0.2) is 5.84 Å². The second-order valence-corrected chi connectivity index (χ2v) is 4.77. The van der Waals surface area contributed by atoms with Gasteiger partial charge >= 0.3 is 0 Å². The van der Waals surface area contributed by atoms with Gasteiger partial charge in [0.2, 0.25) is 10.0 Å². The summed E-state index contributed by atoms with van der Waals surface area (Å²) >= 11 is 0. The molecule has 1 heterocycles. The molecule has 1 aromatic heterocycles. The minimum atomic E-state index is -3.70. The van der Waals surface area contributed by atoms with E-state index in [-0.39, 0.29) is 10.7 Å². The normalized spacial score (nSPS) is 14.7. The van der Waals surface area contributed by atoms with Gasteiger partial charge in [0, 0.05) is 12.4 Å². The predicted molar refractivity (Wildman–Crippen MR) is 57.4 cm³/mol. The van der Waals surface area contributed by atoms with Crippen LogP contribution in [0.5, 0.6) is 0 Å². The van der Waals surface area contributed by atoms with Crippen molar-refractivity contribution in [2.45, 2.75) is 17.9 Å². The molecule has 8 heteroatoms. The fourth-order valence-electron chi connectivity index (χ4n) is 0.954. The minimum Gasteiger partial charge on any atom is -0.409 e. The lowest BCUT2D eigenvalue weighted by molar-refractivity contribution is 0.316. The van der Waals surface area contributed by atoms with Crippen molar-refractivity contribution in [3.8, 4) is 0 Å². The summed E-state index contributed by atoms with van der Waals surface area (Å²) in [5, 5.41) is 11.1. The molecule has 0 fully saturated rings. The maximum Gasteiger partial charge on any atom is 0.242 e. The average molecular weight is 244 g/mol. The first-order valence-corrected chi connectivity index (χ1v) is 5.85. The zero-order valence-corrected chi connectivity index (χ0v) is 9.35. The van der Waals surface area contributed by atoms with Crippen molar-refractivity contribution in [3.63, 3.8) is 0 Å². The van der Waals surface area contributed by atoms with E-state index in [0.717, 1.165) is 0 Å². The van der Waals surface area contributed by atoms with Gasteiger partial charge in [-0.1, -0.05) is 5.16 Å². The molecule has 1 aromatic rings. The first-order valence-electron chi connectivity index (χ1n) is 4.37. The highest BCUT2D eigenvalue weighted by Crippen LogP contribution is 2.06. The lowest BCUT2D eigenvalue weighted by Gasteiger charge is -2.12. The zero-order chi connectivity index (χ0) is 12.2. The zero-order valence-electron chi connectivity index (χ0n) is 8.53. The number of pyridine rings is 1. The van der Waals surface area contributed by atoms with Gasteiger partial charge < -0.3 is 10.9 Å². The highest BCUT2D eigenvalue weighted by atomic mass is 32.2. The van der Waals surface area contributed by atoms with Gasteiger partial charge in [0.25, 0.3) is 0 Å². The number of aromatic nitrogens is 1. The number of nitrogens with two attached hydrogens (primary N) is 1. The Labute approximate surface area is 93.0 Å². The third kappa shape index (κ3) is 2.91. The lowest BCUT2D eigenvalue weighted by Crippen LogP contribution is -2.42. The van der Waals surface area contributed by atoms with E-state index < -0.39 is 16.1 Å². The Morgan fingerprint density at radius 3 is 2.88 bits per heavy atom. The molecule has 1 rings (SSSR count). The van der Waals surface area contributed by atoms with Crippen LogP contribution in [0.4, 0.5) is 0 Å². The molecule has 0 saturated carbocycles. The highest BCUT2D eigenvalue weighted by molar-refractivity contribution is 7.89. The quantitative estimate of drug-likeness (QED) is 0.285. The van der Waals surface area contributed by atoms with E-state index in [0.29, 0.717) is 0 Å². The molecule has 0 spiro atoms. The van der Waals surface area contributed by atoms with Crippen LogP contribution in [0.25, 0.3) is 0 Å². The molecule has 0 amide bonds. The van der Waals surface area contributed by atoms with E-state index in [1.807, 2.05) is 0 Å². The smallest absolute Gasteiger partial charge is 0.242 e. The first-order chi connectivity index (χ1) is 7.47. The maximum absolute atomic E-state index is 11.7. The van der Waals surface area contributed by atoms with Crippen molar-refractivity contribution >= 4 is 15.9 Å². The molecule has 0 aliphatic carbocycles. The summed E-state index contributed by atoms with van der Waals surface area (Å²) in [6.07, 6.45) is 2.67. The Morgan fingerprint density at radius 2 is 2.38 bits per heavy atom. The molecule has 1 atom stereocenters. The van der Waals surface area contributed by atoms with E-state index in [1.54, 1.807) is 0 Å². The van der Waals surface area contributed by atoms with Crippen molar-refractivity contribution in [1.29, 1.82) is 0 Å². The average Bonchev–Trinajstić information content (AvgIpc) is 2.28. The van der Waals surface area contributed by atoms with Crippen LogP contribution in [0.3, 0.4) is 0 Å². The number of amidine groups is 1. The van der Waals surface area contributed by atoms with Gasteiger partial charge in [-0.25, -0.2) is 13.1 Å². The fourth-order valence-corrected chi connectivity index (χ4v) is 2.13. The van der Waals surface area contributed by atoms with Crippen LogP contribution in [0.1, 0.15) is 6.92 Å². The summed E-state index contributed by atoms with van der Waals surface area (Å²) in [7, 11) is -3.70. The topological polar surface area (TPSA) is 118 Å². The van der Waals surface area contributed by atoms with E-state index in [9.17, 15) is 8.42 Å². The van der Waals surface area contributed by atoms with Crippen LogP contribution in [0.2, 0.25) is 0 Å². The van der Waals surface area contributed by atoms with Crippen LogP contribution < -0.4 is 10.5 Å². The molecule has 16 heavy (non-hydrogen) atoms. The number of hydrogen-bond donors (Lipinski definition) is 3. The lowest BCUT2D eigenvalue weighted by atomic mass is 10.3. The summed E-state index contributed by atoms with van der Waals surface area (Å²) < 4.78 is 25.7. The molecule has 1 unspecified atom stereocenters. The largest absolute Gasteiger partial charge is 0.409 e. The number of nitrogens with one attached hydrogen (secondary N) is 1. The summed E-state index contributed by atoms with van der Waals surface area (Å²) in [4.78, 5) is 3.71. The molecule has 0 bridgehead atoms. The van der Waals surface area contributed by atoms with Gasteiger partial charge in [-0.3, -0.25) is 4.98 Å². The molecular formula is C8H12N4O3S. The highest BCUT2D eigenvalue weighted by Gasteiger charge is 2.19. The third-order valence-corrected chi connectivity index (χ3v) is 3.36. The molecule has 0 radical (unpaired) electrons. The summed E-state index contributed by atoms with van der Waals surface area (Å²) in [6, 6.07) is 2.10. The molecule has 0 saturated heterocycles. The number of rotatable bonds is 4. The van der Waals surface area contributed by atoms with Crippen molar-refractivity contribution in [2.75, 3.05) is 0 Å². The van der Waals surface area contributed by atoms with Crippen LogP contribution in [0.15, 0.2) is 34.6 Å². The summed E-state index contributed by atoms with van der Waals surface area (Å²) in [5.41, 5.74) is 5.26. The van der Waals surface area contributed by atoms with Crippen molar-refractivity contribution in [1.82, 2.24) is 9.71 Å². The molecule has 7 nitrogen and oxygen atoms in total. The number of nitrogens with zero attached hydrogens (tertiary/aromatic N) is 2. The molecular weight excluding hydrogens is 232 g/mol. The molecule has 88 valence electrons. The first kappa shape index (κ1) is 12.4. The SMILES string of the molecule is CC(NS(=O)(=O)c1cccnc1)/C(N)=N/O. The van der Waals surface area contributed by atoms with Crippen molar-refractivity contribution < 1.29 is 13.6 Å². The van der Waals surface area contributed by atoms with Crippen LogP contribution in [-0.2, 0) is 10.0 Å². The third-order valence-electron chi connectivity index (χ3n) is 1.84. The standard InChI is InChI=1S/C8H12N4O3S/c1-6(8(9)11-13)12-16(14,15)7-3-2-4-10-5-7/h2-6,12-13H,1H3,(H2,9,11). The van der Waals surface area contributed by atoms with Crippen LogP contribution >= 0.6 is 0 Å². The molecule has 0 aliphatic rings. The molecule has 0 aromatic carbocycles. The minimum absolute atomic E-state index is 0.0209. The Bertz CT molecular complexity index is 471. The van der Waals surface area contributed by atoms with Crippen LogP contribution in [0, 0.1) is 0 Å². The van der Waals surface area contributed by atoms with Crippen molar-refractivity contribution in [2.24, 2.45) is 10.9 Å². The predicted octanol–water partition coefficient (Wildman–Crippen LogP) is -0.505.